The predicted octanol–water partition coefficient (Wildman–Crippen LogP) is 1.79. The van der Waals surface area contributed by atoms with Crippen molar-refractivity contribution in [3.8, 4) is 0 Å². The van der Waals surface area contributed by atoms with E-state index in [1.54, 1.807) is 0 Å². The molecule has 0 aliphatic rings. The molecule has 86 valence electrons. The van der Waals surface area contributed by atoms with Gasteiger partial charge in [-0.05, 0) is 20.3 Å². The Balaban J connectivity index is 2.58. The van der Waals surface area contributed by atoms with Crippen molar-refractivity contribution in [3.63, 3.8) is 0 Å². The molecule has 0 aromatic carbocycles. The van der Waals surface area contributed by atoms with E-state index in [9.17, 15) is 0 Å². The Hall–Kier alpha value is -1.26. The van der Waals surface area contributed by atoms with Gasteiger partial charge in [0, 0.05) is 12.6 Å². The van der Waals surface area contributed by atoms with Gasteiger partial charge in [0.2, 0.25) is 11.9 Å². The molecule has 0 amide bonds. The second-order valence-electron chi connectivity index (χ2n) is 4.01. The average molecular weight is 211 g/mol. The molecule has 1 aromatic heterocycles. The Bertz CT molecular complexity index is 281. The quantitative estimate of drug-likeness (QED) is 0.704. The van der Waals surface area contributed by atoms with Gasteiger partial charge in [0.1, 0.15) is 0 Å². The van der Waals surface area contributed by atoms with E-state index in [1.165, 1.54) is 19.3 Å². The topological polar surface area (TPSA) is 70.8 Å². The van der Waals surface area contributed by atoms with Gasteiger partial charge >= 0.3 is 0 Å². The number of hydrogen-bond acceptors (Lipinski definition) is 4. The lowest BCUT2D eigenvalue weighted by Gasteiger charge is -2.24. The van der Waals surface area contributed by atoms with Gasteiger partial charge < -0.3 is 10.6 Å². The van der Waals surface area contributed by atoms with Crippen LogP contribution in [0, 0.1) is 0 Å². The van der Waals surface area contributed by atoms with E-state index in [0.717, 1.165) is 6.54 Å². The molecule has 0 radical (unpaired) electrons. The molecule has 0 fully saturated rings. The van der Waals surface area contributed by atoms with Crippen molar-refractivity contribution >= 4 is 11.9 Å². The van der Waals surface area contributed by atoms with Crippen LogP contribution in [0.25, 0.3) is 0 Å². The summed E-state index contributed by atoms with van der Waals surface area (Å²) < 4.78 is 0. The maximum Gasteiger partial charge on any atom is 0.246 e. The number of H-pyrrole nitrogens is 1. The highest BCUT2D eigenvalue weighted by molar-refractivity contribution is 5.34. The third kappa shape index (κ3) is 3.42. The second kappa shape index (κ2) is 5.58. The molecule has 0 unspecified atom stereocenters. The number of nitrogens with one attached hydrogen (secondary N) is 1. The number of hydrogen-bond donors (Lipinski definition) is 2. The van der Waals surface area contributed by atoms with Crippen LogP contribution >= 0.6 is 0 Å². The molecule has 0 aliphatic carbocycles. The summed E-state index contributed by atoms with van der Waals surface area (Å²) >= 11 is 0. The number of anilines is 2. The van der Waals surface area contributed by atoms with Crippen LogP contribution in [0.1, 0.15) is 40.0 Å². The number of nitrogens with two attached hydrogens (primary N) is 1. The van der Waals surface area contributed by atoms with Crippen molar-refractivity contribution in [1.82, 2.24) is 15.2 Å². The van der Waals surface area contributed by atoms with Crippen LogP contribution in [0.3, 0.4) is 0 Å². The highest BCUT2D eigenvalue weighted by Gasteiger charge is 2.14. The number of nitrogens with zero attached hydrogens (tertiary/aromatic N) is 3. The first-order valence-corrected chi connectivity index (χ1v) is 5.59. The standard InChI is InChI=1S/C10H21N5/c1-4-5-6-7-15(8(2)3)10-12-9(11)13-14-10/h8H,4-7H2,1-3H3,(H3,11,12,13,14). The van der Waals surface area contributed by atoms with Crippen LogP contribution < -0.4 is 10.6 Å². The first-order chi connectivity index (χ1) is 7.15. The molecule has 0 aliphatic heterocycles. The summed E-state index contributed by atoms with van der Waals surface area (Å²) in [6, 6.07) is 0.400. The Morgan fingerprint density at radius 1 is 1.40 bits per heavy atom. The van der Waals surface area contributed by atoms with Crippen molar-refractivity contribution in [3.05, 3.63) is 0 Å². The van der Waals surface area contributed by atoms with Crippen molar-refractivity contribution < 1.29 is 0 Å². The van der Waals surface area contributed by atoms with E-state index in [1.807, 2.05) is 0 Å². The van der Waals surface area contributed by atoms with Crippen LogP contribution in [-0.4, -0.2) is 27.8 Å². The summed E-state index contributed by atoms with van der Waals surface area (Å²) in [5.41, 5.74) is 5.52. The molecular formula is C10H21N5. The maximum atomic E-state index is 5.52. The van der Waals surface area contributed by atoms with Crippen molar-refractivity contribution in [2.45, 2.75) is 46.1 Å². The summed E-state index contributed by atoms with van der Waals surface area (Å²) in [5, 5.41) is 6.75. The van der Waals surface area contributed by atoms with Crippen LogP contribution in [0.2, 0.25) is 0 Å². The van der Waals surface area contributed by atoms with Gasteiger partial charge in [-0.15, -0.1) is 5.10 Å². The minimum Gasteiger partial charge on any atom is -0.368 e. The molecule has 5 nitrogen and oxygen atoms in total. The molecule has 1 heterocycles. The van der Waals surface area contributed by atoms with Crippen molar-refractivity contribution in [2.24, 2.45) is 0 Å². The molecule has 0 bridgehead atoms. The van der Waals surface area contributed by atoms with E-state index in [2.05, 4.69) is 40.9 Å². The average Bonchev–Trinajstić information content (AvgIpc) is 2.59. The smallest absolute Gasteiger partial charge is 0.246 e. The fourth-order valence-electron chi connectivity index (χ4n) is 1.51. The monoisotopic (exact) mass is 211 g/mol. The third-order valence-corrected chi connectivity index (χ3v) is 2.37. The Labute approximate surface area is 91.1 Å². The fraction of sp³-hybridized carbons (Fsp3) is 0.800. The van der Waals surface area contributed by atoms with E-state index in [0.29, 0.717) is 17.9 Å². The molecular weight excluding hydrogens is 190 g/mol. The summed E-state index contributed by atoms with van der Waals surface area (Å²) in [6.07, 6.45) is 3.63. The first kappa shape index (κ1) is 11.8. The molecule has 15 heavy (non-hydrogen) atoms. The minimum absolute atomic E-state index is 0.381. The highest BCUT2D eigenvalue weighted by Crippen LogP contribution is 2.13. The molecule has 0 saturated heterocycles. The van der Waals surface area contributed by atoms with Crippen molar-refractivity contribution in [2.75, 3.05) is 17.2 Å². The number of aromatic amines is 1. The Morgan fingerprint density at radius 3 is 2.60 bits per heavy atom. The van der Waals surface area contributed by atoms with Gasteiger partial charge in [0.25, 0.3) is 0 Å². The van der Waals surface area contributed by atoms with E-state index < -0.39 is 0 Å². The second-order valence-corrected chi connectivity index (χ2v) is 4.01. The Kier molecular flexibility index (Phi) is 4.39. The summed E-state index contributed by atoms with van der Waals surface area (Å²) in [6.45, 7) is 7.46. The number of nitrogen functional groups attached to an aromatic ring is 1. The van der Waals surface area contributed by atoms with E-state index >= 15 is 0 Å². The lowest BCUT2D eigenvalue weighted by Crippen LogP contribution is -2.32. The lowest BCUT2D eigenvalue weighted by atomic mass is 10.2. The largest absolute Gasteiger partial charge is 0.368 e. The molecule has 0 atom stereocenters. The van der Waals surface area contributed by atoms with Gasteiger partial charge in [0.15, 0.2) is 0 Å². The zero-order chi connectivity index (χ0) is 11.3. The Morgan fingerprint density at radius 2 is 2.13 bits per heavy atom. The van der Waals surface area contributed by atoms with Gasteiger partial charge in [-0.2, -0.15) is 4.98 Å². The zero-order valence-electron chi connectivity index (χ0n) is 9.82. The number of unbranched alkanes of at least 4 members (excludes halogenated alkanes) is 2. The fourth-order valence-corrected chi connectivity index (χ4v) is 1.51. The van der Waals surface area contributed by atoms with Gasteiger partial charge in [-0.1, -0.05) is 19.8 Å². The summed E-state index contributed by atoms with van der Waals surface area (Å²) in [5.74, 6) is 1.09. The number of rotatable bonds is 6. The van der Waals surface area contributed by atoms with Crippen LogP contribution in [0.5, 0.6) is 0 Å². The summed E-state index contributed by atoms with van der Waals surface area (Å²) in [7, 11) is 0. The first-order valence-electron chi connectivity index (χ1n) is 5.59. The van der Waals surface area contributed by atoms with Crippen LogP contribution in [-0.2, 0) is 0 Å². The molecule has 0 saturated carbocycles. The summed E-state index contributed by atoms with van der Waals surface area (Å²) in [4.78, 5) is 6.32. The third-order valence-electron chi connectivity index (χ3n) is 2.37. The minimum atomic E-state index is 0.381. The van der Waals surface area contributed by atoms with Crippen molar-refractivity contribution in [1.29, 1.82) is 0 Å². The van der Waals surface area contributed by atoms with E-state index in [-0.39, 0.29) is 0 Å². The molecule has 3 N–H and O–H groups in total. The van der Waals surface area contributed by atoms with Gasteiger partial charge in [-0.25, -0.2) is 5.10 Å². The zero-order valence-corrected chi connectivity index (χ0v) is 9.82. The maximum absolute atomic E-state index is 5.52. The predicted molar refractivity (Wildman–Crippen MR) is 62.8 cm³/mol. The van der Waals surface area contributed by atoms with E-state index in [4.69, 9.17) is 5.73 Å². The number of aromatic nitrogens is 3. The normalized spacial score (nSPS) is 10.9. The lowest BCUT2D eigenvalue weighted by molar-refractivity contribution is 0.613. The SMILES string of the molecule is CCCCCN(c1n[nH]c(N)n1)C(C)C. The van der Waals surface area contributed by atoms with Gasteiger partial charge in [0.05, 0.1) is 0 Å². The molecule has 5 heteroatoms. The molecule has 1 aromatic rings. The van der Waals surface area contributed by atoms with Gasteiger partial charge in [-0.3, -0.25) is 0 Å². The van der Waals surface area contributed by atoms with Crippen LogP contribution in [0.4, 0.5) is 11.9 Å². The molecule has 0 spiro atoms. The van der Waals surface area contributed by atoms with Crippen LogP contribution in [0.15, 0.2) is 0 Å². The molecule has 1 rings (SSSR count). The highest BCUT2D eigenvalue weighted by atomic mass is 15.4.